The summed E-state index contributed by atoms with van der Waals surface area (Å²) < 4.78 is 0. The van der Waals surface area contributed by atoms with Gasteiger partial charge in [0, 0.05) is 6.20 Å². The first kappa shape index (κ1) is 7.69. The highest BCUT2D eigenvalue weighted by Gasteiger charge is 1.82. The van der Waals surface area contributed by atoms with Crippen LogP contribution in [0.15, 0.2) is 37.6 Å². The molecule has 0 rings (SSSR count). The van der Waals surface area contributed by atoms with Gasteiger partial charge in [0.05, 0.1) is 0 Å². The van der Waals surface area contributed by atoms with E-state index in [4.69, 9.17) is 0 Å². The topological polar surface area (TPSA) is 29.1 Å². The number of hydrogen-bond donors (Lipinski definition) is 1. The highest BCUT2D eigenvalue weighted by atomic mass is 16.1. The predicted octanol–water partition coefficient (Wildman–Crippen LogP) is 0.988. The maximum absolute atomic E-state index is 10.4. The maximum atomic E-state index is 10.4. The molecular formula is C7H9NO. The lowest BCUT2D eigenvalue weighted by molar-refractivity contribution is -0.115. The second kappa shape index (κ2) is 4.84. The third-order valence-electron chi connectivity index (χ3n) is 0.643. The van der Waals surface area contributed by atoms with E-state index in [-0.39, 0.29) is 5.91 Å². The Bertz CT molecular complexity index is 147. The highest BCUT2D eigenvalue weighted by Crippen LogP contribution is 1.69. The van der Waals surface area contributed by atoms with Crippen LogP contribution >= 0.6 is 0 Å². The number of carbonyl (C=O) groups excluding carboxylic acids is 1. The first-order valence-electron chi connectivity index (χ1n) is 2.51. The van der Waals surface area contributed by atoms with Crippen molar-refractivity contribution in [2.45, 2.75) is 0 Å². The van der Waals surface area contributed by atoms with Crippen molar-refractivity contribution in [1.82, 2.24) is 5.32 Å². The van der Waals surface area contributed by atoms with Gasteiger partial charge < -0.3 is 5.32 Å². The average Bonchev–Trinajstić information content (AvgIpc) is 1.89. The monoisotopic (exact) mass is 123 g/mol. The molecular weight excluding hydrogens is 114 g/mol. The van der Waals surface area contributed by atoms with Gasteiger partial charge in [-0.05, 0) is 12.2 Å². The van der Waals surface area contributed by atoms with E-state index in [1.54, 1.807) is 12.2 Å². The second-order valence-electron chi connectivity index (χ2n) is 1.31. The van der Waals surface area contributed by atoms with Gasteiger partial charge in [0.1, 0.15) is 0 Å². The zero-order chi connectivity index (χ0) is 7.11. The molecule has 0 fully saturated rings. The average molecular weight is 123 g/mol. The van der Waals surface area contributed by atoms with Gasteiger partial charge in [-0.25, -0.2) is 0 Å². The van der Waals surface area contributed by atoms with E-state index in [9.17, 15) is 4.79 Å². The molecule has 0 aromatic carbocycles. The molecule has 0 spiro atoms. The quantitative estimate of drug-likeness (QED) is 0.440. The molecule has 2 nitrogen and oxygen atoms in total. The van der Waals surface area contributed by atoms with Crippen molar-refractivity contribution in [1.29, 1.82) is 0 Å². The van der Waals surface area contributed by atoms with Gasteiger partial charge in [-0.3, -0.25) is 4.79 Å². The SMILES string of the molecule is C=CC=CNC(=O)C=C. The number of carbonyl (C=O) groups is 1. The van der Waals surface area contributed by atoms with E-state index in [0.717, 1.165) is 0 Å². The molecule has 0 unspecified atom stereocenters. The summed E-state index contributed by atoms with van der Waals surface area (Å²) in [7, 11) is 0. The number of allylic oxidation sites excluding steroid dienone is 2. The summed E-state index contributed by atoms with van der Waals surface area (Å²) in [5.74, 6) is -0.215. The molecule has 0 saturated heterocycles. The van der Waals surface area contributed by atoms with Crippen LogP contribution in [0.5, 0.6) is 0 Å². The summed E-state index contributed by atoms with van der Waals surface area (Å²) in [5, 5.41) is 2.42. The number of nitrogens with one attached hydrogen (secondary N) is 1. The molecule has 0 aromatic heterocycles. The summed E-state index contributed by atoms with van der Waals surface area (Å²) in [6.45, 7) is 6.69. The van der Waals surface area contributed by atoms with Gasteiger partial charge in [-0.2, -0.15) is 0 Å². The van der Waals surface area contributed by atoms with E-state index >= 15 is 0 Å². The van der Waals surface area contributed by atoms with Crippen LogP contribution in [0.1, 0.15) is 0 Å². The smallest absolute Gasteiger partial charge is 0.247 e. The summed E-state index contributed by atoms with van der Waals surface area (Å²) in [5.41, 5.74) is 0. The summed E-state index contributed by atoms with van der Waals surface area (Å²) in [4.78, 5) is 10.4. The molecule has 0 aliphatic heterocycles. The van der Waals surface area contributed by atoms with Gasteiger partial charge in [-0.1, -0.05) is 19.2 Å². The van der Waals surface area contributed by atoms with Crippen molar-refractivity contribution in [2.24, 2.45) is 0 Å². The number of hydrogen-bond acceptors (Lipinski definition) is 1. The Labute approximate surface area is 54.6 Å². The molecule has 0 heterocycles. The van der Waals surface area contributed by atoms with Crippen LogP contribution in [-0.2, 0) is 4.79 Å². The van der Waals surface area contributed by atoms with Crippen LogP contribution in [0.4, 0.5) is 0 Å². The number of rotatable bonds is 3. The Morgan fingerprint density at radius 2 is 2.11 bits per heavy atom. The summed E-state index contributed by atoms with van der Waals surface area (Å²) in [6, 6.07) is 0. The molecule has 1 amide bonds. The second-order valence-corrected chi connectivity index (χ2v) is 1.31. The molecule has 0 bridgehead atoms. The van der Waals surface area contributed by atoms with E-state index in [1.807, 2.05) is 0 Å². The van der Waals surface area contributed by atoms with Crippen molar-refractivity contribution in [2.75, 3.05) is 0 Å². The Morgan fingerprint density at radius 3 is 2.56 bits per heavy atom. The Balaban J connectivity index is 3.49. The summed E-state index contributed by atoms with van der Waals surface area (Å²) >= 11 is 0. The van der Waals surface area contributed by atoms with Crippen molar-refractivity contribution in [3.8, 4) is 0 Å². The van der Waals surface area contributed by atoms with Crippen molar-refractivity contribution in [3.63, 3.8) is 0 Å². The first-order chi connectivity index (χ1) is 4.31. The lowest BCUT2D eigenvalue weighted by Gasteiger charge is -1.87. The van der Waals surface area contributed by atoms with Gasteiger partial charge >= 0.3 is 0 Å². The van der Waals surface area contributed by atoms with Gasteiger partial charge in [0.15, 0.2) is 0 Å². The zero-order valence-corrected chi connectivity index (χ0v) is 5.13. The fourth-order valence-electron chi connectivity index (χ4n) is 0.257. The lowest BCUT2D eigenvalue weighted by Crippen LogP contribution is -2.12. The van der Waals surface area contributed by atoms with Crippen LogP contribution < -0.4 is 5.32 Å². The Morgan fingerprint density at radius 1 is 1.44 bits per heavy atom. The Hall–Kier alpha value is -1.31. The van der Waals surface area contributed by atoms with Crippen LogP contribution in [0.3, 0.4) is 0 Å². The van der Waals surface area contributed by atoms with Crippen LogP contribution in [0.25, 0.3) is 0 Å². The highest BCUT2D eigenvalue weighted by molar-refractivity contribution is 5.87. The minimum Gasteiger partial charge on any atom is -0.329 e. The van der Waals surface area contributed by atoms with Crippen molar-refractivity contribution >= 4 is 5.91 Å². The van der Waals surface area contributed by atoms with Crippen LogP contribution in [0.2, 0.25) is 0 Å². The standard InChI is InChI=1S/C7H9NO/c1-3-5-6-8-7(9)4-2/h3-6H,1-2H2,(H,8,9). The molecule has 0 aromatic rings. The van der Waals surface area contributed by atoms with Crippen molar-refractivity contribution < 1.29 is 4.79 Å². The molecule has 0 aliphatic rings. The number of amides is 1. The molecule has 9 heavy (non-hydrogen) atoms. The molecule has 48 valence electrons. The molecule has 0 saturated carbocycles. The third kappa shape index (κ3) is 4.55. The van der Waals surface area contributed by atoms with E-state index < -0.39 is 0 Å². The molecule has 0 atom stereocenters. The molecule has 1 N–H and O–H groups in total. The van der Waals surface area contributed by atoms with Crippen molar-refractivity contribution in [3.05, 3.63) is 37.6 Å². The lowest BCUT2D eigenvalue weighted by atomic mass is 10.5. The largest absolute Gasteiger partial charge is 0.329 e. The molecule has 2 heteroatoms. The normalized spacial score (nSPS) is 8.89. The minimum absolute atomic E-state index is 0.215. The van der Waals surface area contributed by atoms with Gasteiger partial charge in [0.25, 0.3) is 0 Å². The van der Waals surface area contributed by atoms with Crippen LogP contribution in [-0.4, -0.2) is 5.91 Å². The first-order valence-corrected chi connectivity index (χ1v) is 2.51. The molecule has 0 aliphatic carbocycles. The zero-order valence-electron chi connectivity index (χ0n) is 5.13. The van der Waals surface area contributed by atoms with Gasteiger partial charge in [-0.15, -0.1) is 0 Å². The predicted molar refractivity (Wildman–Crippen MR) is 37.7 cm³/mol. The maximum Gasteiger partial charge on any atom is 0.247 e. The fraction of sp³-hybridized carbons (Fsp3) is 0. The molecule has 0 radical (unpaired) electrons. The van der Waals surface area contributed by atoms with E-state index in [2.05, 4.69) is 18.5 Å². The fourth-order valence-corrected chi connectivity index (χ4v) is 0.257. The summed E-state index contributed by atoms with van der Waals surface area (Å²) in [6.07, 6.45) is 5.90. The van der Waals surface area contributed by atoms with E-state index in [0.29, 0.717) is 0 Å². The Kier molecular flexibility index (Phi) is 4.14. The minimum atomic E-state index is -0.215. The van der Waals surface area contributed by atoms with E-state index in [1.165, 1.54) is 12.3 Å². The van der Waals surface area contributed by atoms with Gasteiger partial charge in [0.2, 0.25) is 5.91 Å². The van der Waals surface area contributed by atoms with Crippen LogP contribution in [0, 0.1) is 0 Å². The third-order valence-corrected chi connectivity index (χ3v) is 0.643.